The number of amides is 1. The van der Waals surface area contributed by atoms with Crippen molar-refractivity contribution >= 4 is 30.0 Å². The highest BCUT2D eigenvalue weighted by molar-refractivity contribution is 5.99. The van der Waals surface area contributed by atoms with Gasteiger partial charge in [-0.1, -0.05) is 6.07 Å². The maximum Gasteiger partial charge on any atom is 0.393 e. The molecule has 0 bridgehead atoms. The van der Waals surface area contributed by atoms with Gasteiger partial charge in [-0.05, 0) is 18.6 Å². The third-order valence-corrected chi connectivity index (χ3v) is 4.91. The Labute approximate surface area is 157 Å². The molecule has 0 saturated carbocycles. The molecule has 0 radical (unpaired) electrons. The van der Waals surface area contributed by atoms with E-state index in [4.69, 9.17) is 5.11 Å². The van der Waals surface area contributed by atoms with Gasteiger partial charge in [-0.25, -0.2) is 8.78 Å². The number of aliphatic carboxylic acids is 1. The Kier molecular flexibility index (Phi) is 6.00. The minimum atomic E-state index is -4.71. The Bertz CT molecular complexity index is 725. The van der Waals surface area contributed by atoms with E-state index in [9.17, 15) is 31.5 Å². The number of alkyl halides is 3. The van der Waals surface area contributed by atoms with Crippen LogP contribution in [0.1, 0.15) is 6.42 Å². The number of carboxylic acids is 1. The smallest absolute Gasteiger partial charge is 0.393 e. The van der Waals surface area contributed by atoms with Crippen LogP contribution in [0.15, 0.2) is 18.2 Å². The molecule has 0 aliphatic carbocycles. The molecule has 1 N–H and O–H groups in total. The van der Waals surface area contributed by atoms with Crippen LogP contribution in [0.25, 0.3) is 0 Å². The van der Waals surface area contributed by atoms with Crippen LogP contribution in [0.5, 0.6) is 0 Å². The first kappa shape index (κ1) is 21.4. The highest BCUT2D eigenvalue weighted by atomic mass is 35.5. The van der Waals surface area contributed by atoms with E-state index in [2.05, 4.69) is 0 Å². The molecule has 27 heavy (non-hydrogen) atoms. The van der Waals surface area contributed by atoms with Crippen molar-refractivity contribution in [3.63, 3.8) is 0 Å². The van der Waals surface area contributed by atoms with Gasteiger partial charge in [0.25, 0.3) is 0 Å². The number of nitrogens with zero attached hydrogens (tertiary/aromatic N) is 2. The van der Waals surface area contributed by atoms with Gasteiger partial charge in [0.15, 0.2) is 0 Å². The van der Waals surface area contributed by atoms with Crippen LogP contribution in [0.2, 0.25) is 0 Å². The summed E-state index contributed by atoms with van der Waals surface area (Å²) in [6.07, 6.45) is -4.65. The molecular formula is C16H16ClF5N2O3. The van der Waals surface area contributed by atoms with Crippen molar-refractivity contribution in [1.82, 2.24) is 4.90 Å². The summed E-state index contributed by atoms with van der Waals surface area (Å²) in [5, 5.41) is 9.06. The zero-order valence-electron chi connectivity index (χ0n) is 13.7. The van der Waals surface area contributed by atoms with E-state index in [-0.39, 0.29) is 25.4 Å². The Balaban J connectivity index is 0.00000261. The maximum atomic E-state index is 13.9. The predicted octanol–water partition coefficient (Wildman–Crippen LogP) is 2.69. The summed E-state index contributed by atoms with van der Waals surface area (Å²) in [5.74, 6) is -7.98. The number of benzene rings is 1. The average molecular weight is 415 g/mol. The minimum absolute atomic E-state index is 0. The van der Waals surface area contributed by atoms with Gasteiger partial charge in [0, 0.05) is 19.6 Å². The van der Waals surface area contributed by atoms with Gasteiger partial charge in [0.2, 0.25) is 5.91 Å². The fourth-order valence-corrected chi connectivity index (χ4v) is 3.64. The molecule has 150 valence electrons. The molecule has 1 amide bonds. The Morgan fingerprint density at radius 3 is 2.22 bits per heavy atom. The van der Waals surface area contributed by atoms with Crippen LogP contribution in [0.4, 0.5) is 27.6 Å². The second-order valence-corrected chi connectivity index (χ2v) is 6.41. The second-order valence-electron chi connectivity index (χ2n) is 6.41. The first-order valence-electron chi connectivity index (χ1n) is 7.90. The molecule has 5 nitrogen and oxygen atoms in total. The van der Waals surface area contributed by atoms with Gasteiger partial charge in [0.1, 0.15) is 17.3 Å². The van der Waals surface area contributed by atoms with Crippen molar-refractivity contribution in [2.75, 3.05) is 24.5 Å². The first-order chi connectivity index (χ1) is 12.1. The van der Waals surface area contributed by atoms with Gasteiger partial charge in [-0.15, -0.1) is 12.4 Å². The van der Waals surface area contributed by atoms with Crippen LogP contribution in [-0.4, -0.2) is 53.7 Å². The molecule has 2 fully saturated rings. The monoisotopic (exact) mass is 414 g/mol. The second kappa shape index (κ2) is 7.59. The molecule has 1 unspecified atom stereocenters. The summed E-state index contributed by atoms with van der Waals surface area (Å²) in [7, 11) is 0. The quantitative estimate of drug-likeness (QED) is 0.773. The lowest BCUT2D eigenvalue weighted by Crippen LogP contribution is -2.42. The predicted molar refractivity (Wildman–Crippen MR) is 86.6 cm³/mol. The van der Waals surface area contributed by atoms with Crippen molar-refractivity contribution in [2.45, 2.75) is 18.6 Å². The highest BCUT2D eigenvalue weighted by Gasteiger charge is 2.55. The van der Waals surface area contributed by atoms with Crippen molar-refractivity contribution < 1.29 is 36.6 Å². The van der Waals surface area contributed by atoms with E-state index < -0.39 is 66.3 Å². The zero-order valence-corrected chi connectivity index (χ0v) is 14.6. The van der Waals surface area contributed by atoms with Crippen LogP contribution in [-0.2, 0) is 9.59 Å². The topological polar surface area (TPSA) is 60.9 Å². The third kappa shape index (κ3) is 3.86. The number of hydrogen-bond acceptors (Lipinski definition) is 3. The Morgan fingerprint density at radius 2 is 1.74 bits per heavy atom. The van der Waals surface area contributed by atoms with E-state index in [1.807, 2.05) is 0 Å². The van der Waals surface area contributed by atoms with Gasteiger partial charge in [0.05, 0.1) is 17.9 Å². The molecule has 2 aliphatic heterocycles. The fourth-order valence-electron chi connectivity index (χ4n) is 3.64. The van der Waals surface area contributed by atoms with Crippen LogP contribution >= 0.6 is 12.4 Å². The molecule has 2 aliphatic rings. The number of carbonyl (C=O) groups excluding carboxylic acids is 1. The van der Waals surface area contributed by atoms with E-state index in [0.29, 0.717) is 0 Å². The molecule has 3 rings (SSSR count). The molecule has 0 aromatic heterocycles. The van der Waals surface area contributed by atoms with Crippen molar-refractivity contribution in [3.05, 3.63) is 29.8 Å². The summed E-state index contributed by atoms with van der Waals surface area (Å²) in [6.45, 7) is -1.14. The lowest BCUT2D eigenvalue weighted by Gasteiger charge is -2.24. The minimum Gasteiger partial charge on any atom is -0.481 e. The summed E-state index contributed by atoms with van der Waals surface area (Å²) < 4.78 is 67.1. The average Bonchev–Trinajstić information content (AvgIpc) is 3.11. The third-order valence-electron chi connectivity index (χ3n) is 4.91. The normalized spacial score (nSPS) is 26.3. The molecule has 2 saturated heterocycles. The molecule has 2 heterocycles. The zero-order chi connectivity index (χ0) is 19.2. The Hall–Kier alpha value is -1.94. The van der Waals surface area contributed by atoms with Gasteiger partial charge in [-0.3, -0.25) is 14.5 Å². The number of likely N-dealkylation sites (tertiary alicyclic amines) is 1. The number of para-hydroxylation sites is 1. The van der Waals surface area contributed by atoms with Crippen molar-refractivity contribution in [2.24, 2.45) is 11.8 Å². The Morgan fingerprint density at radius 1 is 1.15 bits per heavy atom. The molecule has 1 aromatic carbocycles. The van der Waals surface area contributed by atoms with Gasteiger partial charge >= 0.3 is 12.1 Å². The summed E-state index contributed by atoms with van der Waals surface area (Å²) in [4.78, 5) is 25.7. The summed E-state index contributed by atoms with van der Waals surface area (Å²) in [5.41, 5.74) is -0.540. The maximum absolute atomic E-state index is 13.9. The molecule has 11 heteroatoms. The lowest BCUT2D eigenvalue weighted by molar-refractivity contribution is -0.188. The highest BCUT2D eigenvalue weighted by Crippen LogP contribution is 2.40. The van der Waals surface area contributed by atoms with E-state index in [0.717, 1.165) is 28.0 Å². The number of carboxylic acid groups (broad SMARTS) is 1. The van der Waals surface area contributed by atoms with E-state index in [1.165, 1.54) is 0 Å². The number of anilines is 1. The van der Waals surface area contributed by atoms with Crippen LogP contribution in [0.3, 0.4) is 0 Å². The SMILES string of the molecule is Cl.O=C(O)[C@@H]1CN(C2CCN(c3c(F)cccc3F)C2=O)C[C@H]1C(F)(F)F. The first-order valence-corrected chi connectivity index (χ1v) is 7.90. The number of carbonyl (C=O) groups is 2. The molecule has 1 aromatic rings. The fraction of sp³-hybridized carbons (Fsp3) is 0.500. The number of hydrogen-bond donors (Lipinski definition) is 1. The van der Waals surface area contributed by atoms with E-state index >= 15 is 0 Å². The number of rotatable bonds is 3. The molecule has 0 spiro atoms. The van der Waals surface area contributed by atoms with Gasteiger partial charge < -0.3 is 10.0 Å². The number of halogens is 6. The van der Waals surface area contributed by atoms with Crippen molar-refractivity contribution in [3.8, 4) is 0 Å². The summed E-state index contributed by atoms with van der Waals surface area (Å²) >= 11 is 0. The van der Waals surface area contributed by atoms with E-state index in [1.54, 1.807) is 0 Å². The largest absolute Gasteiger partial charge is 0.481 e. The summed E-state index contributed by atoms with van der Waals surface area (Å²) in [6, 6.07) is 2.06. The van der Waals surface area contributed by atoms with Crippen LogP contribution in [0, 0.1) is 23.5 Å². The lowest BCUT2D eigenvalue weighted by atomic mass is 9.96. The van der Waals surface area contributed by atoms with Crippen molar-refractivity contribution in [1.29, 1.82) is 0 Å². The molecular weight excluding hydrogens is 399 g/mol. The standard InChI is InChI=1S/C16H15F5N2O3.ClH/c17-10-2-1-3-11(18)13(10)23-5-4-12(14(23)24)22-6-8(15(25)26)9(7-22)16(19,20)21;/h1-3,8-9,12H,4-7H2,(H,25,26);1H/t8-,9-,12?;/m1./s1. The molecule has 3 atom stereocenters. The van der Waals surface area contributed by atoms with Gasteiger partial charge in [-0.2, -0.15) is 13.2 Å². The van der Waals surface area contributed by atoms with Crippen LogP contribution < -0.4 is 4.90 Å².